The maximum absolute atomic E-state index is 13.3. The van der Waals surface area contributed by atoms with Crippen LogP contribution < -0.4 is 0 Å². The third kappa shape index (κ3) is 11.4. The minimum atomic E-state index is -1.67. The van der Waals surface area contributed by atoms with Crippen LogP contribution in [-0.4, -0.2) is 73.4 Å². The molecular weight excluding hydrogens is 588 g/mol. The number of carbonyl (C=O) groups is 5. The van der Waals surface area contributed by atoms with Crippen molar-refractivity contribution in [2.45, 2.75) is 152 Å². The fourth-order valence-corrected chi connectivity index (χ4v) is 4.23. The zero-order valence-electron chi connectivity index (χ0n) is 29.1. The highest BCUT2D eigenvalue weighted by Crippen LogP contribution is 2.35. The number of ether oxygens (including phenoxy) is 7. The summed E-state index contributed by atoms with van der Waals surface area (Å²) < 4.78 is 40.5. The molecule has 1 saturated heterocycles. The molecule has 2 rings (SSSR count). The molecule has 0 aromatic carbocycles. The zero-order valence-corrected chi connectivity index (χ0v) is 29.1. The molecule has 0 amide bonds. The molecule has 2 aliphatic rings. The van der Waals surface area contributed by atoms with E-state index in [1.54, 1.807) is 83.1 Å². The first-order valence-corrected chi connectivity index (χ1v) is 15.7. The lowest BCUT2D eigenvalue weighted by Crippen LogP contribution is -2.64. The minimum absolute atomic E-state index is 0.357. The van der Waals surface area contributed by atoms with Gasteiger partial charge < -0.3 is 33.2 Å². The summed E-state index contributed by atoms with van der Waals surface area (Å²) in [4.78, 5) is 65.6. The summed E-state index contributed by atoms with van der Waals surface area (Å²) in [5.74, 6) is -2.69. The third-order valence-electron chi connectivity index (χ3n) is 7.18. The number of hydrogen-bond donors (Lipinski definition) is 0. The molecule has 0 spiro atoms. The van der Waals surface area contributed by atoms with E-state index in [2.05, 4.69) is 0 Å². The van der Waals surface area contributed by atoms with Gasteiger partial charge in [0.15, 0.2) is 12.2 Å². The van der Waals surface area contributed by atoms with Crippen LogP contribution in [0.4, 0.5) is 4.79 Å². The van der Waals surface area contributed by atoms with Gasteiger partial charge in [-0.25, -0.2) is 4.79 Å². The van der Waals surface area contributed by atoms with Crippen molar-refractivity contribution in [3.63, 3.8) is 0 Å². The first-order chi connectivity index (χ1) is 20.4. The summed E-state index contributed by atoms with van der Waals surface area (Å²) in [6.07, 6.45) is -4.74. The summed E-state index contributed by atoms with van der Waals surface area (Å²) in [5, 5.41) is 0. The third-order valence-corrected chi connectivity index (χ3v) is 7.18. The van der Waals surface area contributed by atoms with Crippen molar-refractivity contribution in [3.05, 3.63) is 0 Å². The van der Waals surface area contributed by atoms with Gasteiger partial charge in [0.2, 0.25) is 12.4 Å². The van der Waals surface area contributed by atoms with E-state index >= 15 is 0 Å². The van der Waals surface area contributed by atoms with E-state index < -0.39 is 89.0 Å². The number of carbonyl (C=O) groups excluding carboxylic acids is 5. The maximum atomic E-state index is 13.3. The predicted octanol–water partition coefficient (Wildman–Crippen LogP) is 5.66. The highest BCUT2D eigenvalue weighted by atomic mass is 16.8. The summed E-state index contributed by atoms with van der Waals surface area (Å²) in [5.41, 5.74) is -3.93. The SMILES string of the molecule is CC(C)(C)C(=O)OC[C@H]1O[C@@H](OC(=O)OC2CCCCC2)[C@H](OC(=O)C(C)(C)C)[C@@H](OC(=O)C(C)(C)C)[C@@H]1OC(=O)C(C)(C)C. The van der Waals surface area contributed by atoms with Crippen LogP contribution >= 0.6 is 0 Å². The highest BCUT2D eigenvalue weighted by Gasteiger charge is 2.56. The Balaban J connectivity index is 2.62. The van der Waals surface area contributed by atoms with Crippen LogP contribution in [0, 0.1) is 21.7 Å². The maximum Gasteiger partial charge on any atom is 0.511 e. The second-order valence-electron chi connectivity index (χ2n) is 16.0. The molecule has 2 fully saturated rings. The van der Waals surface area contributed by atoms with Crippen LogP contribution in [0.3, 0.4) is 0 Å². The zero-order chi connectivity index (χ0) is 34.5. The van der Waals surface area contributed by atoms with Crippen LogP contribution in [-0.2, 0) is 52.3 Å². The average molecular weight is 643 g/mol. The molecule has 0 N–H and O–H groups in total. The molecule has 45 heavy (non-hydrogen) atoms. The van der Waals surface area contributed by atoms with Crippen molar-refractivity contribution in [1.29, 1.82) is 0 Å². The average Bonchev–Trinajstić information content (AvgIpc) is 2.88. The van der Waals surface area contributed by atoms with E-state index in [0.29, 0.717) is 12.8 Å². The number of rotatable bonds is 7. The Morgan fingerprint density at radius 3 is 1.40 bits per heavy atom. The second kappa shape index (κ2) is 14.7. The lowest BCUT2D eigenvalue weighted by molar-refractivity contribution is -0.302. The van der Waals surface area contributed by atoms with E-state index in [0.717, 1.165) is 19.3 Å². The van der Waals surface area contributed by atoms with Crippen molar-refractivity contribution in [2.75, 3.05) is 6.61 Å². The standard InChI is InChI=1S/C33H54O12/c1-30(2,3)25(34)39-18-20-21(42-26(35)31(4,5)6)22(43-27(36)32(7,8)9)23(44-28(37)33(10,11)12)24(41-20)45-29(38)40-19-16-14-13-15-17-19/h19-24H,13-18H2,1-12H3/t20-,21-,22+,23-,24+/m1/s1. The monoisotopic (exact) mass is 642 g/mol. The molecule has 0 aromatic rings. The number of hydrogen-bond acceptors (Lipinski definition) is 12. The molecule has 5 atom stereocenters. The van der Waals surface area contributed by atoms with Crippen molar-refractivity contribution in [2.24, 2.45) is 21.7 Å². The van der Waals surface area contributed by atoms with Gasteiger partial charge in [0.25, 0.3) is 0 Å². The molecule has 0 aromatic heterocycles. The Morgan fingerprint density at radius 1 is 0.533 bits per heavy atom. The summed E-state index contributed by atoms with van der Waals surface area (Å²) >= 11 is 0. The van der Waals surface area contributed by atoms with Crippen molar-refractivity contribution in [1.82, 2.24) is 0 Å². The van der Waals surface area contributed by atoms with Crippen molar-refractivity contribution >= 4 is 30.0 Å². The van der Waals surface area contributed by atoms with E-state index in [4.69, 9.17) is 33.2 Å². The van der Waals surface area contributed by atoms with Crippen LogP contribution in [0.5, 0.6) is 0 Å². The van der Waals surface area contributed by atoms with Gasteiger partial charge in [0.05, 0.1) is 21.7 Å². The van der Waals surface area contributed by atoms with Gasteiger partial charge >= 0.3 is 30.0 Å². The second-order valence-corrected chi connectivity index (χ2v) is 16.0. The predicted molar refractivity (Wildman–Crippen MR) is 162 cm³/mol. The molecule has 0 unspecified atom stereocenters. The first kappa shape index (κ1) is 38.3. The van der Waals surface area contributed by atoms with Gasteiger partial charge in [-0.2, -0.15) is 0 Å². The molecule has 0 radical (unpaired) electrons. The molecule has 1 heterocycles. The van der Waals surface area contributed by atoms with E-state index in [-0.39, 0.29) is 6.10 Å². The number of esters is 4. The van der Waals surface area contributed by atoms with Crippen molar-refractivity contribution in [3.8, 4) is 0 Å². The van der Waals surface area contributed by atoms with Gasteiger partial charge in [-0.15, -0.1) is 0 Å². The molecule has 12 heteroatoms. The topological polar surface area (TPSA) is 150 Å². The van der Waals surface area contributed by atoms with Gasteiger partial charge in [-0.3, -0.25) is 19.2 Å². The van der Waals surface area contributed by atoms with Crippen LogP contribution in [0.15, 0.2) is 0 Å². The first-order valence-electron chi connectivity index (χ1n) is 15.7. The Bertz CT molecular complexity index is 1060. The van der Waals surface area contributed by atoms with Crippen LogP contribution in [0.2, 0.25) is 0 Å². The van der Waals surface area contributed by atoms with E-state index in [9.17, 15) is 24.0 Å². The van der Waals surface area contributed by atoms with Crippen LogP contribution in [0.25, 0.3) is 0 Å². The summed E-state index contributed by atoms with van der Waals surface area (Å²) in [6, 6.07) is 0. The molecule has 1 aliphatic carbocycles. The van der Waals surface area contributed by atoms with Crippen molar-refractivity contribution < 1.29 is 57.1 Å². The Morgan fingerprint density at radius 2 is 0.956 bits per heavy atom. The lowest BCUT2D eigenvalue weighted by atomic mass is 9.93. The molecule has 0 bridgehead atoms. The smallest absolute Gasteiger partial charge is 0.462 e. The van der Waals surface area contributed by atoms with E-state index in [1.807, 2.05) is 0 Å². The van der Waals surface area contributed by atoms with Gasteiger partial charge in [0.1, 0.15) is 18.8 Å². The minimum Gasteiger partial charge on any atom is -0.462 e. The lowest BCUT2D eigenvalue weighted by Gasteiger charge is -2.45. The highest BCUT2D eigenvalue weighted by molar-refractivity contribution is 5.78. The van der Waals surface area contributed by atoms with E-state index in [1.165, 1.54) is 0 Å². The Labute approximate surface area is 267 Å². The van der Waals surface area contributed by atoms with Gasteiger partial charge in [-0.1, -0.05) is 6.42 Å². The largest absolute Gasteiger partial charge is 0.511 e. The molecular formula is C33H54O12. The van der Waals surface area contributed by atoms with Gasteiger partial charge in [-0.05, 0) is 109 Å². The fourth-order valence-electron chi connectivity index (χ4n) is 4.23. The quantitative estimate of drug-likeness (QED) is 0.249. The van der Waals surface area contributed by atoms with Crippen LogP contribution in [0.1, 0.15) is 115 Å². The van der Waals surface area contributed by atoms with Gasteiger partial charge in [0, 0.05) is 0 Å². The summed E-state index contributed by atoms with van der Waals surface area (Å²) in [7, 11) is 0. The fraction of sp³-hybridized carbons (Fsp3) is 0.848. The summed E-state index contributed by atoms with van der Waals surface area (Å²) in [6.45, 7) is 19.2. The Hall–Kier alpha value is -2.89. The molecule has 12 nitrogen and oxygen atoms in total. The molecule has 1 aliphatic heterocycles. The normalized spacial score (nSPS) is 25.0. The molecule has 1 saturated carbocycles. The molecule has 258 valence electrons. The Kier molecular flexibility index (Phi) is 12.5.